The molecule has 108 valence electrons. The van der Waals surface area contributed by atoms with Crippen molar-refractivity contribution >= 4 is 28.8 Å². The molecule has 1 aliphatic rings. The molecule has 6 heteroatoms. The van der Waals surface area contributed by atoms with Gasteiger partial charge in [0, 0.05) is 18.6 Å². The highest BCUT2D eigenvalue weighted by molar-refractivity contribution is 8.13. The Bertz CT molecular complexity index is 346. The summed E-state index contributed by atoms with van der Waals surface area (Å²) >= 11 is 1.13. The van der Waals surface area contributed by atoms with E-state index in [2.05, 4.69) is 5.32 Å². The number of carbonyl (C=O) groups is 3. The molecule has 0 spiro atoms. The first kappa shape index (κ1) is 16.0. The van der Waals surface area contributed by atoms with Crippen LogP contribution in [-0.2, 0) is 14.4 Å². The highest BCUT2D eigenvalue weighted by Gasteiger charge is 2.26. The molecule has 1 amide bonds. The zero-order valence-electron chi connectivity index (χ0n) is 11.2. The summed E-state index contributed by atoms with van der Waals surface area (Å²) < 4.78 is 0. The molecular formula is C13H21NO4S. The number of rotatable bonds is 3. The smallest absolute Gasteiger partial charge is 0.326 e. The van der Waals surface area contributed by atoms with Gasteiger partial charge in [-0.15, -0.1) is 0 Å². The van der Waals surface area contributed by atoms with Crippen molar-refractivity contribution in [2.24, 2.45) is 5.92 Å². The maximum Gasteiger partial charge on any atom is 0.326 e. The zero-order chi connectivity index (χ0) is 14.3. The molecule has 1 fully saturated rings. The van der Waals surface area contributed by atoms with Crippen molar-refractivity contribution in [3.8, 4) is 0 Å². The average Bonchev–Trinajstić information content (AvgIpc) is 2.34. The van der Waals surface area contributed by atoms with Crippen LogP contribution in [0.25, 0.3) is 0 Å². The molecule has 1 rings (SSSR count). The van der Waals surface area contributed by atoms with Crippen LogP contribution in [0.2, 0.25) is 0 Å². The van der Waals surface area contributed by atoms with Gasteiger partial charge in [0.15, 0.2) is 5.12 Å². The van der Waals surface area contributed by atoms with Gasteiger partial charge in [-0.3, -0.25) is 9.59 Å². The number of carboxylic acids is 1. The number of thioether (sulfide) groups is 1. The highest BCUT2D eigenvalue weighted by Crippen LogP contribution is 2.20. The Balaban J connectivity index is 2.64. The quantitative estimate of drug-likeness (QED) is 0.827. The van der Waals surface area contributed by atoms with Crippen LogP contribution in [0.4, 0.5) is 0 Å². The van der Waals surface area contributed by atoms with Crippen LogP contribution in [0.5, 0.6) is 0 Å². The van der Waals surface area contributed by atoms with E-state index in [1.165, 1.54) is 6.92 Å². The van der Waals surface area contributed by atoms with Crippen LogP contribution in [0.15, 0.2) is 0 Å². The van der Waals surface area contributed by atoms with Gasteiger partial charge in [0.1, 0.15) is 6.04 Å². The number of nitrogens with one attached hydrogen (secondary N) is 1. The van der Waals surface area contributed by atoms with E-state index in [-0.39, 0.29) is 16.9 Å². The predicted molar refractivity (Wildman–Crippen MR) is 73.9 cm³/mol. The van der Waals surface area contributed by atoms with E-state index in [9.17, 15) is 14.4 Å². The van der Waals surface area contributed by atoms with Crippen LogP contribution in [0.1, 0.15) is 45.4 Å². The second-order valence-electron chi connectivity index (χ2n) is 4.89. The second kappa shape index (κ2) is 8.19. The lowest BCUT2D eigenvalue weighted by molar-refractivity contribution is -0.142. The van der Waals surface area contributed by atoms with Crippen LogP contribution in [-0.4, -0.2) is 33.9 Å². The monoisotopic (exact) mass is 287 g/mol. The first-order valence-electron chi connectivity index (χ1n) is 6.67. The van der Waals surface area contributed by atoms with Gasteiger partial charge in [-0.05, 0) is 12.8 Å². The molecule has 0 radical (unpaired) electrons. The van der Waals surface area contributed by atoms with Crippen molar-refractivity contribution in [1.82, 2.24) is 5.32 Å². The molecule has 5 nitrogen and oxygen atoms in total. The Morgan fingerprint density at radius 3 is 2.47 bits per heavy atom. The Kier molecular flexibility index (Phi) is 6.91. The molecule has 1 saturated heterocycles. The number of carboxylic acid groups (broad SMARTS) is 1. The third-order valence-electron chi connectivity index (χ3n) is 3.27. The van der Waals surface area contributed by atoms with E-state index in [1.807, 2.05) is 0 Å². The summed E-state index contributed by atoms with van der Waals surface area (Å²) in [6.07, 6.45) is 4.98. The summed E-state index contributed by atoms with van der Waals surface area (Å²) in [4.78, 5) is 34.1. The van der Waals surface area contributed by atoms with Gasteiger partial charge in [-0.25, -0.2) is 4.79 Å². The molecule has 19 heavy (non-hydrogen) atoms. The molecule has 0 aromatic carbocycles. The fraction of sp³-hybridized carbons (Fsp3) is 0.769. The van der Waals surface area contributed by atoms with Crippen molar-refractivity contribution in [1.29, 1.82) is 0 Å². The number of aliphatic carboxylic acids is 1. The number of hydrogen-bond donors (Lipinski definition) is 2. The fourth-order valence-corrected chi connectivity index (χ4v) is 2.90. The minimum atomic E-state index is -0.980. The number of hydrogen-bond acceptors (Lipinski definition) is 4. The summed E-state index contributed by atoms with van der Waals surface area (Å²) in [6.45, 7) is 1.48. The van der Waals surface area contributed by atoms with E-state index in [4.69, 9.17) is 5.11 Å². The van der Waals surface area contributed by atoms with Crippen molar-refractivity contribution in [3.63, 3.8) is 0 Å². The summed E-state index contributed by atoms with van der Waals surface area (Å²) in [6, 6.07) is -0.796. The Labute approximate surface area is 117 Å². The first-order chi connectivity index (χ1) is 9.00. The molecule has 0 bridgehead atoms. The van der Waals surface area contributed by atoms with Crippen molar-refractivity contribution in [2.75, 3.05) is 5.75 Å². The van der Waals surface area contributed by atoms with E-state index in [0.717, 1.165) is 43.9 Å². The Morgan fingerprint density at radius 2 is 1.89 bits per heavy atom. The molecule has 2 atom stereocenters. The third kappa shape index (κ3) is 6.09. The summed E-state index contributed by atoms with van der Waals surface area (Å²) in [5, 5.41) is 11.6. The lowest BCUT2D eigenvalue weighted by Gasteiger charge is -2.21. The van der Waals surface area contributed by atoms with Gasteiger partial charge in [0.2, 0.25) is 5.91 Å². The molecule has 1 heterocycles. The molecule has 0 aromatic heterocycles. The largest absolute Gasteiger partial charge is 0.480 e. The van der Waals surface area contributed by atoms with E-state index >= 15 is 0 Å². The maximum atomic E-state index is 12.1. The third-order valence-corrected chi connectivity index (χ3v) is 4.24. The van der Waals surface area contributed by atoms with Gasteiger partial charge < -0.3 is 10.4 Å². The topological polar surface area (TPSA) is 83.5 Å². The van der Waals surface area contributed by atoms with Crippen molar-refractivity contribution in [2.45, 2.75) is 51.5 Å². The lowest BCUT2D eigenvalue weighted by Crippen LogP contribution is -2.44. The molecule has 0 aromatic rings. The Hall–Kier alpha value is -1.04. The van der Waals surface area contributed by atoms with Crippen molar-refractivity contribution in [3.05, 3.63) is 0 Å². The van der Waals surface area contributed by atoms with Crippen LogP contribution in [0, 0.1) is 5.92 Å². The standard InChI is InChI=1S/C13H21NO4S/c1-9(15)19-8-10-6-4-2-3-5-7-11(13(17)18)14-12(10)16/h10-11H,2-8H2,1H3,(H,14,16)(H,17,18)/t10-,11-/m1/s1. The average molecular weight is 287 g/mol. The molecule has 0 aliphatic carbocycles. The van der Waals surface area contributed by atoms with E-state index in [0.29, 0.717) is 12.2 Å². The predicted octanol–water partition coefficient (Wildman–Crippen LogP) is 1.81. The van der Waals surface area contributed by atoms with Gasteiger partial charge in [-0.2, -0.15) is 0 Å². The number of amides is 1. The van der Waals surface area contributed by atoms with Gasteiger partial charge >= 0.3 is 5.97 Å². The highest BCUT2D eigenvalue weighted by atomic mass is 32.2. The van der Waals surface area contributed by atoms with Crippen molar-refractivity contribution < 1.29 is 19.5 Å². The van der Waals surface area contributed by atoms with Gasteiger partial charge in [-0.1, -0.05) is 37.4 Å². The molecule has 2 N–H and O–H groups in total. The molecular weight excluding hydrogens is 266 g/mol. The summed E-state index contributed by atoms with van der Waals surface area (Å²) in [5.74, 6) is -1.04. The van der Waals surface area contributed by atoms with Gasteiger partial charge in [0.25, 0.3) is 0 Å². The van der Waals surface area contributed by atoms with E-state index < -0.39 is 12.0 Å². The normalized spacial score (nSPS) is 25.4. The summed E-state index contributed by atoms with van der Waals surface area (Å²) in [7, 11) is 0. The van der Waals surface area contributed by atoms with Crippen LogP contribution in [0.3, 0.4) is 0 Å². The SMILES string of the molecule is CC(=O)SC[C@H]1CCCCCC[C@H](C(=O)O)NC1=O. The maximum absolute atomic E-state index is 12.1. The summed E-state index contributed by atoms with van der Waals surface area (Å²) in [5.41, 5.74) is 0. The van der Waals surface area contributed by atoms with Crippen LogP contribution < -0.4 is 5.32 Å². The Morgan fingerprint density at radius 1 is 1.26 bits per heavy atom. The second-order valence-corrected chi connectivity index (χ2v) is 6.09. The minimum Gasteiger partial charge on any atom is -0.480 e. The molecule has 1 aliphatic heterocycles. The van der Waals surface area contributed by atoms with E-state index in [1.54, 1.807) is 0 Å². The lowest BCUT2D eigenvalue weighted by atomic mass is 9.97. The molecule has 0 unspecified atom stereocenters. The fourth-order valence-electron chi connectivity index (χ4n) is 2.15. The molecule has 0 saturated carbocycles. The van der Waals surface area contributed by atoms with Crippen LogP contribution >= 0.6 is 11.8 Å². The first-order valence-corrected chi connectivity index (χ1v) is 7.66. The van der Waals surface area contributed by atoms with Gasteiger partial charge in [0.05, 0.1) is 0 Å². The minimum absolute atomic E-state index is 0.0142. The zero-order valence-corrected chi connectivity index (χ0v) is 12.0. The number of carbonyl (C=O) groups excluding carboxylic acids is 2.